The van der Waals surface area contributed by atoms with E-state index in [4.69, 9.17) is 10.00 Å². The van der Waals surface area contributed by atoms with Crippen LogP contribution < -0.4 is 4.74 Å². The molecule has 2 rings (SSSR count). The van der Waals surface area contributed by atoms with Crippen molar-refractivity contribution in [3.05, 3.63) is 58.1 Å². The molecule has 0 N–H and O–H groups in total. The molecular formula is C14H10N2O3S. The lowest BCUT2D eigenvalue weighted by molar-refractivity contribution is -0.384. The van der Waals surface area contributed by atoms with Gasteiger partial charge in [0, 0.05) is 17.0 Å². The maximum absolute atomic E-state index is 10.7. The standard InChI is InChI=1S/C14H10N2O3S/c1-19-12-4-2-3-5-14(12)20-13-7-6-11(16(17)18)8-10(13)9-15/h2-8H,1H3. The molecular weight excluding hydrogens is 276 g/mol. The van der Waals surface area contributed by atoms with Gasteiger partial charge in [0.25, 0.3) is 5.69 Å². The maximum Gasteiger partial charge on any atom is 0.270 e. The summed E-state index contributed by atoms with van der Waals surface area (Å²) in [5.74, 6) is 0.694. The minimum atomic E-state index is -0.515. The van der Waals surface area contributed by atoms with Crippen LogP contribution in [0, 0.1) is 21.4 Å². The second-order valence-electron chi connectivity index (χ2n) is 3.80. The molecule has 2 aromatic carbocycles. The van der Waals surface area contributed by atoms with Crippen molar-refractivity contribution in [2.24, 2.45) is 0 Å². The first-order valence-corrected chi connectivity index (χ1v) is 6.46. The van der Waals surface area contributed by atoms with E-state index in [-0.39, 0.29) is 11.3 Å². The minimum absolute atomic E-state index is 0.0917. The maximum atomic E-state index is 10.7. The molecule has 0 aliphatic heterocycles. The first kappa shape index (κ1) is 13.9. The second-order valence-corrected chi connectivity index (χ2v) is 4.89. The Bertz CT molecular complexity index is 695. The van der Waals surface area contributed by atoms with E-state index in [1.165, 1.54) is 23.9 Å². The van der Waals surface area contributed by atoms with Gasteiger partial charge >= 0.3 is 0 Å². The first-order valence-electron chi connectivity index (χ1n) is 5.65. The van der Waals surface area contributed by atoms with Crippen LogP contribution in [0.4, 0.5) is 5.69 Å². The Kier molecular flexibility index (Phi) is 4.23. The number of hydrogen-bond acceptors (Lipinski definition) is 5. The monoisotopic (exact) mass is 286 g/mol. The fourth-order valence-corrected chi connectivity index (χ4v) is 2.62. The molecule has 0 radical (unpaired) electrons. The molecule has 5 nitrogen and oxygen atoms in total. The Labute approximate surface area is 120 Å². The second kappa shape index (κ2) is 6.08. The van der Waals surface area contributed by atoms with Crippen molar-refractivity contribution in [2.45, 2.75) is 9.79 Å². The van der Waals surface area contributed by atoms with Crippen LogP contribution in [0.1, 0.15) is 5.56 Å². The highest BCUT2D eigenvalue weighted by Gasteiger charge is 2.13. The van der Waals surface area contributed by atoms with Gasteiger partial charge in [0.15, 0.2) is 0 Å². The van der Waals surface area contributed by atoms with E-state index < -0.39 is 4.92 Å². The van der Waals surface area contributed by atoms with Gasteiger partial charge in [0.1, 0.15) is 11.8 Å². The van der Waals surface area contributed by atoms with Gasteiger partial charge in [-0.15, -0.1) is 0 Å². The van der Waals surface area contributed by atoms with Gasteiger partial charge in [-0.3, -0.25) is 10.1 Å². The van der Waals surface area contributed by atoms with Crippen molar-refractivity contribution >= 4 is 17.4 Å². The summed E-state index contributed by atoms with van der Waals surface area (Å²) in [6, 6.07) is 13.6. The van der Waals surface area contributed by atoms with Crippen LogP contribution in [0.15, 0.2) is 52.3 Å². The van der Waals surface area contributed by atoms with Gasteiger partial charge in [-0.25, -0.2) is 0 Å². The average molecular weight is 286 g/mol. The normalized spacial score (nSPS) is 9.80. The molecule has 6 heteroatoms. The van der Waals surface area contributed by atoms with Crippen molar-refractivity contribution in [2.75, 3.05) is 7.11 Å². The highest BCUT2D eigenvalue weighted by Crippen LogP contribution is 2.37. The highest BCUT2D eigenvalue weighted by atomic mass is 32.2. The van der Waals surface area contributed by atoms with Crippen LogP contribution >= 0.6 is 11.8 Å². The van der Waals surface area contributed by atoms with Crippen LogP contribution in [0.3, 0.4) is 0 Å². The molecule has 0 aliphatic carbocycles. The Morgan fingerprint density at radius 3 is 2.65 bits per heavy atom. The fourth-order valence-electron chi connectivity index (χ4n) is 1.63. The van der Waals surface area contributed by atoms with Crippen LogP contribution in [0.25, 0.3) is 0 Å². The lowest BCUT2D eigenvalue weighted by atomic mass is 10.2. The average Bonchev–Trinajstić information content (AvgIpc) is 2.48. The summed E-state index contributed by atoms with van der Waals surface area (Å²) in [6.45, 7) is 0. The fraction of sp³-hybridized carbons (Fsp3) is 0.0714. The smallest absolute Gasteiger partial charge is 0.270 e. The van der Waals surface area contributed by atoms with Crippen molar-refractivity contribution in [3.8, 4) is 11.8 Å². The number of methoxy groups -OCH3 is 1. The van der Waals surface area contributed by atoms with Crippen LogP contribution in [-0.4, -0.2) is 12.0 Å². The van der Waals surface area contributed by atoms with E-state index in [0.29, 0.717) is 10.6 Å². The van der Waals surface area contributed by atoms with Gasteiger partial charge < -0.3 is 4.74 Å². The number of nitro benzene ring substituents is 1. The zero-order chi connectivity index (χ0) is 14.5. The summed E-state index contributed by atoms with van der Waals surface area (Å²) >= 11 is 1.34. The number of nitriles is 1. The third-order valence-corrected chi connectivity index (χ3v) is 3.72. The molecule has 2 aromatic rings. The van der Waals surface area contributed by atoms with E-state index in [2.05, 4.69) is 0 Å². The summed E-state index contributed by atoms with van der Waals surface area (Å²) < 4.78 is 5.24. The first-order chi connectivity index (χ1) is 9.65. The molecule has 0 spiro atoms. The van der Waals surface area contributed by atoms with Gasteiger partial charge in [-0.2, -0.15) is 5.26 Å². The van der Waals surface area contributed by atoms with Crippen molar-refractivity contribution in [1.29, 1.82) is 5.26 Å². The largest absolute Gasteiger partial charge is 0.496 e. The molecule has 0 saturated carbocycles. The molecule has 0 unspecified atom stereocenters. The topological polar surface area (TPSA) is 76.2 Å². The van der Waals surface area contributed by atoms with E-state index >= 15 is 0 Å². The van der Waals surface area contributed by atoms with Crippen LogP contribution in [0.5, 0.6) is 5.75 Å². The van der Waals surface area contributed by atoms with Gasteiger partial charge in [0.2, 0.25) is 0 Å². The van der Waals surface area contributed by atoms with Gasteiger partial charge in [-0.05, 0) is 18.2 Å². The number of hydrogen-bond donors (Lipinski definition) is 0. The lowest BCUT2D eigenvalue weighted by Crippen LogP contribution is -1.91. The van der Waals surface area contributed by atoms with Crippen molar-refractivity contribution in [3.63, 3.8) is 0 Å². The van der Waals surface area contributed by atoms with E-state index in [0.717, 1.165) is 4.90 Å². The van der Waals surface area contributed by atoms with E-state index in [1.54, 1.807) is 13.2 Å². The highest BCUT2D eigenvalue weighted by molar-refractivity contribution is 7.99. The summed E-state index contributed by atoms with van der Waals surface area (Å²) in [6.07, 6.45) is 0. The van der Waals surface area contributed by atoms with E-state index in [9.17, 15) is 10.1 Å². The number of nitro groups is 1. The third-order valence-electron chi connectivity index (χ3n) is 2.58. The zero-order valence-electron chi connectivity index (χ0n) is 10.6. The molecule has 0 fully saturated rings. The molecule has 0 heterocycles. The van der Waals surface area contributed by atoms with Crippen LogP contribution in [0.2, 0.25) is 0 Å². The molecule has 20 heavy (non-hydrogen) atoms. The molecule has 0 amide bonds. The predicted molar refractivity (Wildman–Crippen MR) is 74.9 cm³/mol. The minimum Gasteiger partial charge on any atom is -0.496 e. The molecule has 0 aromatic heterocycles. The Balaban J connectivity index is 2.39. The molecule has 0 aliphatic rings. The number of rotatable bonds is 4. The molecule has 0 bridgehead atoms. The Morgan fingerprint density at radius 1 is 1.25 bits per heavy atom. The summed E-state index contributed by atoms with van der Waals surface area (Å²) in [5, 5.41) is 19.8. The zero-order valence-corrected chi connectivity index (χ0v) is 11.4. The van der Waals surface area contributed by atoms with Crippen molar-refractivity contribution < 1.29 is 9.66 Å². The molecule has 0 saturated heterocycles. The predicted octanol–water partition coefficient (Wildman–Crippen LogP) is 3.63. The summed E-state index contributed by atoms with van der Waals surface area (Å²) in [5.41, 5.74) is 0.182. The summed E-state index contributed by atoms with van der Waals surface area (Å²) in [4.78, 5) is 11.7. The Morgan fingerprint density at radius 2 is 2.00 bits per heavy atom. The number of nitrogens with zero attached hydrogens (tertiary/aromatic N) is 2. The SMILES string of the molecule is COc1ccccc1Sc1ccc([N+](=O)[O-])cc1C#N. The third kappa shape index (κ3) is 2.90. The number of ether oxygens (including phenoxy) is 1. The van der Waals surface area contributed by atoms with Crippen molar-refractivity contribution in [1.82, 2.24) is 0 Å². The van der Waals surface area contributed by atoms with Gasteiger partial charge in [-0.1, -0.05) is 23.9 Å². The number of non-ortho nitro benzene ring substituents is 1. The number of benzene rings is 2. The van der Waals surface area contributed by atoms with Crippen LogP contribution in [-0.2, 0) is 0 Å². The Hall–Kier alpha value is -2.52. The molecule has 100 valence electrons. The quantitative estimate of drug-likeness (QED) is 0.633. The summed E-state index contributed by atoms with van der Waals surface area (Å²) in [7, 11) is 1.57. The lowest BCUT2D eigenvalue weighted by Gasteiger charge is -2.08. The molecule has 0 atom stereocenters. The number of para-hydroxylation sites is 1. The van der Waals surface area contributed by atoms with E-state index in [1.807, 2.05) is 30.3 Å². The van der Waals surface area contributed by atoms with Gasteiger partial charge in [0.05, 0.1) is 22.5 Å².